The second-order valence-corrected chi connectivity index (χ2v) is 7.88. The maximum Gasteiger partial charge on any atom is 0.261 e. The Morgan fingerprint density at radius 3 is 2.55 bits per heavy atom. The Morgan fingerprint density at radius 2 is 1.83 bits per heavy atom. The summed E-state index contributed by atoms with van der Waals surface area (Å²) in [6.45, 7) is 6.65. The number of anilines is 1. The zero-order valence-electron chi connectivity index (χ0n) is 16.6. The number of hydrogen-bond acceptors (Lipinski definition) is 3. The molecule has 1 N–H and O–H groups in total. The van der Waals surface area contributed by atoms with E-state index in [0.29, 0.717) is 17.2 Å². The van der Waals surface area contributed by atoms with Crippen molar-refractivity contribution >= 4 is 38.8 Å². The number of carbonyl (C=O) groups excluding carboxylic acids is 1. The third-order valence-electron chi connectivity index (χ3n) is 4.92. The van der Waals surface area contributed by atoms with Crippen LogP contribution in [0.15, 0.2) is 53.0 Å². The molecule has 0 aliphatic rings. The number of benzene rings is 2. The van der Waals surface area contributed by atoms with E-state index in [-0.39, 0.29) is 5.91 Å². The fourth-order valence-electron chi connectivity index (χ4n) is 3.59. The van der Waals surface area contributed by atoms with Crippen LogP contribution in [-0.2, 0) is 6.54 Å². The van der Waals surface area contributed by atoms with E-state index in [2.05, 4.69) is 42.8 Å². The summed E-state index contributed by atoms with van der Waals surface area (Å²) in [4.78, 5) is 17.8. The van der Waals surface area contributed by atoms with E-state index in [0.717, 1.165) is 39.9 Å². The van der Waals surface area contributed by atoms with Crippen molar-refractivity contribution in [1.29, 1.82) is 0 Å². The summed E-state index contributed by atoms with van der Waals surface area (Å²) < 4.78 is 4.85. The van der Waals surface area contributed by atoms with Gasteiger partial charge in [0.25, 0.3) is 5.91 Å². The summed E-state index contributed by atoms with van der Waals surface area (Å²) in [6.07, 6.45) is 0.947. The van der Waals surface area contributed by atoms with Gasteiger partial charge < -0.3 is 4.57 Å². The van der Waals surface area contributed by atoms with Crippen molar-refractivity contribution in [3.63, 3.8) is 0 Å². The van der Waals surface area contributed by atoms with Crippen molar-refractivity contribution in [2.75, 3.05) is 5.32 Å². The second-order valence-electron chi connectivity index (χ2n) is 6.96. The van der Waals surface area contributed by atoms with Crippen LogP contribution < -0.4 is 5.32 Å². The smallest absolute Gasteiger partial charge is 0.261 e. The van der Waals surface area contributed by atoms with E-state index in [1.165, 1.54) is 0 Å². The first-order valence-corrected chi connectivity index (χ1v) is 10.4. The van der Waals surface area contributed by atoms with Gasteiger partial charge in [-0.3, -0.25) is 10.1 Å². The van der Waals surface area contributed by atoms with Gasteiger partial charge in [-0.25, -0.2) is 9.67 Å². The zero-order valence-corrected chi connectivity index (χ0v) is 18.2. The predicted octanol–water partition coefficient (Wildman–Crippen LogP) is 5.26. The van der Waals surface area contributed by atoms with Crippen molar-refractivity contribution < 1.29 is 4.79 Å². The minimum absolute atomic E-state index is 0.198. The number of hydrogen-bond donors (Lipinski definition) is 1. The van der Waals surface area contributed by atoms with Crippen LogP contribution >= 0.6 is 15.9 Å². The molecule has 148 valence electrons. The number of aryl methyl sites for hydroxylation is 2. The van der Waals surface area contributed by atoms with E-state index < -0.39 is 0 Å². The van der Waals surface area contributed by atoms with Crippen LogP contribution in [0.3, 0.4) is 0 Å². The molecule has 2 aromatic heterocycles. The fourth-order valence-corrected chi connectivity index (χ4v) is 3.85. The van der Waals surface area contributed by atoms with Crippen molar-refractivity contribution in [1.82, 2.24) is 19.3 Å². The highest BCUT2D eigenvalue weighted by Gasteiger charge is 2.21. The summed E-state index contributed by atoms with van der Waals surface area (Å²) in [5, 5.41) is 7.60. The highest BCUT2D eigenvalue weighted by atomic mass is 79.9. The van der Waals surface area contributed by atoms with Crippen LogP contribution in [0.4, 0.5) is 5.95 Å². The number of aromatic nitrogens is 4. The van der Waals surface area contributed by atoms with Gasteiger partial charge in [-0.1, -0.05) is 35.0 Å². The number of amides is 1. The van der Waals surface area contributed by atoms with E-state index >= 15 is 0 Å². The van der Waals surface area contributed by atoms with Crippen LogP contribution in [0.2, 0.25) is 0 Å². The van der Waals surface area contributed by atoms with Crippen LogP contribution in [0, 0.1) is 13.8 Å². The maximum absolute atomic E-state index is 13.2. The third-order valence-corrected chi connectivity index (χ3v) is 5.45. The van der Waals surface area contributed by atoms with Crippen molar-refractivity contribution in [2.45, 2.75) is 33.7 Å². The molecule has 29 heavy (non-hydrogen) atoms. The molecule has 0 saturated heterocycles. The molecule has 0 atom stereocenters. The molecular formula is C22H22BrN5O. The van der Waals surface area contributed by atoms with Gasteiger partial charge in [-0.05, 0) is 56.7 Å². The van der Waals surface area contributed by atoms with Crippen molar-refractivity contribution in [3.05, 3.63) is 70.0 Å². The van der Waals surface area contributed by atoms with Gasteiger partial charge in [0.1, 0.15) is 0 Å². The fraction of sp³-hybridized carbons (Fsp3) is 0.227. The largest absolute Gasteiger partial charge is 0.310 e. The topological polar surface area (TPSA) is 64.7 Å². The predicted molar refractivity (Wildman–Crippen MR) is 119 cm³/mol. The van der Waals surface area contributed by atoms with Gasteiger partial charge in [0.2, 0.25) is 5.95 Å². The Balaban J connectivity index is 1.70. The normalized spacial score (nSPS) is 11.2. The Labute approximate surface area is 177 Å². The molecule has 2 heterocycles. The monoisotopic (exact) mass is 451 g/mol. The van der Waals surface area contributed by atoms with E-state index in [9.17, 15) is 4.79 Å². The van der Waals surface area contributed by atoms with Crippen LogP contribution in [-0.4, -0.2) is 25.2 Å². The van der Waals surface area contributed by atoms with Crippen LogP contribution in [0.1, 0.15) is 35.1 Å². The molecule has 0 bridgehead atoms. The first kappa shape index (κ1) is 19.4. The summed E-state index contributed by atoms with van der Waals surface area (Å²) in [5.74, 6) is 0.365. The molecule has 7 heteroatoms. The van der Waals surface area contributed by atoms with Crippen LogP contribution in [0.25, 0.3) is 16.7 Å². The molecule has 0 unspecified atom stereocenters. The number of nitrogens with zero attached hydrogens (tertiary/aromatic N) is 4. The Kier molecular flexibility index (Phi) is 5.24. The Morgan fingerprint density at radius 1 is 1.10 bits per heavy atom. The van der Waals surface area contributed by atoms with Gasteiger partial charge in [0, 0.05) is 11.0 Å². The lowest BCUT2D eigenvalue weighted by Gasteiger charge is -2.09. The number of halogens is 1. The summed E-state index contributed by atoms with van der Waals surface area (Å²) in [7, 11) is 0. The SMILES string of the molecule is CCCn1c(NC(=O)c2c(C)nn(-c3ccc(Br)cc3)c2C)nc2ccccc21. The average molecular weight is 452 g/mol. The Hall–Kier alpha value is -2.93. The first-order chi connectivity index (χ1) is 14.0. The molecule has 0 saturated carbocycles. The number of rotatable bonds is 5. The van der Waals surface area contributed by atoms with E-state index in [4.69, 9.17) is 0 Å². The Bertz CT molecular complexity index is 1190. The minimum Gasteiger partial charge on any atom is -0.310 e. The standard InChI is InChI=1S/C22H22BrN5O/c1-4-13-27-19-8-6-5-7-18(19)24-22(27)25-21(29)20-14(2)26-28(15(20)3)17-11-9-16(23)10-12-17/h5-12H,4,13H2,1-3H3,(H,24,25,29). The minimum atomic E-state index is -0.198. The average Bonchev–Trinajstić information content (AvgIpc) is 3.19. The number of fused-ring (bicyclic) bond motifs is 1. The number of nitrogens with one attached hydrogen (secondary N) is 1. The lowest BCUT2D eigenvalue weighted by molar-refractivity contribution is 0.102. The molecule has 0 fully saturated rings. The molecule has 2 aromatic carbocycles. The number of imidazole rings is 1. The molecule has 4 aromatic rings. The lowest BCUT2D eigenvalue weighted by Crippen LogP contribution is -2.17. The van der Waals surface area contributed by atoms with Gasteiger partial charge in [0.15, 0.2) is 0 Å². The zero-order chi connectivity index (χ0) is 20.5. The molecule has 0 aliphatic carbocycles. The quantitative estimate of drug-likeness (QED) is 0.449. The molecule has 0 spiro atoms. The summed E-state index contributed by atoms with van der Waals surface area (Å²) >= 11 is 3.45. The maximum atomic E-state index is 13.2. The summed E-state index contributed by atoms with van der Waals surface area (Å²) in [5.41, 5.74) is 4.84. The second kappa shape index (κ2) is 7.83. The molecule has 4 rings (SSSR count). The van der Waals surface area contributed by atoms with Gasteiger partial charge in [0.05, 0.1) is 33.7 Å². The van der Waals surface area contributed by atoms with Gasteiger partial charge in [-0.2, -0.15) is 5.10 Å². The lowest BCUT2D eigenvalue weighted by atomic mass is 10.2. The number of carbonyl (C=O) groups is 1. The first-order valence-electron chi connectivity index (χ1n) is 9.58. The molecule has 0 radical (unpaired) electrons. The van der Waals surface area contributed by atoms with Gasteiger partial charge >= 0.3 is 0 Å². The highest BCUT2D eigenvalue weighted by molar-refractivity contribution is 9.10. The van der Waals surface area contributed by atoms with Gasteiger partial charge in [-0.15, -0.1) is 0 Å². The molecule has 6 nitrogen and oxygen atoms in total. The third kappa shape index (κ3) is 3.58. The molecule has 0 aliphatic heterocycles. The molecular weight excluding hydrogens is 430 g/mol. The van der Waals surface area contributed by atoms with E-state index in [1.807, 2.05) is 62.4 Å². The number of para-hydroxylation sites is 2. The molecule has 1 amide bonds. The summed E-state index contributed by atoms with van der Waals surface area (Å²) in [6, 6.07) is 15.8. The van der Waals surface area contributed by atoms with E-state index in [1.54, 1.807) is 4.68 Å². The van der Waals surface area contributed by atoms with Crippen molar-refractivity contribution in [2.24, 2.45) is 0 Å². The van der Waals surface area contributed by atoms with Crippen molar-refractivity contribution in [3.8, 4) is 5.69 Å². The highest BCUT2D eigenvalue weighted by Crippen LogP contribution is 2.23. The van der Waals surface area contributed by atoms with Crippen LogP contribution in [0.5, 0.6) is 0 Å².